The van der Waals surface area contributed by atoms with Crippen molar-refractivity contribution in [2.45, 2.75) is 33.2 Å². The second kappa shape index (κ2) is 6.69. The fraction of sp³-hybridized carbons (Fsp3) is 0.600. The summed E-state index contributed by atoms with van der Waals surface area (Å²) in [5, 5.41) is 3.63. The quantitative estimate of drug-likeness (QED) is 0.843. The molecule has 0 radical (unpaired) electrons. The molecule has 2 nitrogen and oxygen atoms in total. The molecule has 0 aliphatic rings. The molecule has 1 aromatic carbocycles. The lowest BCUT2D eigenvalue weighted by atomic mass is 9.91. The van der Waals surface area contributed by atoms with E-state index in [-0.39, 0.29) is 5.54 Å². The number of benzene rings is 1. The third kappa shape index (κ3) is 4.38. The standard InChI is InChI=1S/C15H25BrN2/c1-11(2)12(9-17)10-18-15(3,4)13-5-7-14(16)8-6-13/h5-8,11-12,18H,9-10,17H2,1-4H3. The highest BCUT2D eigenvalue weighted by molar-refractivity contribution is 9.10. The maximum Gasteiger partial charge on any atom is 0.0377 e. The van der Waals surface area contributed by atoms with Crippen molar-refractivity contribution in [1.82, 2.24) is 5.32 Å². The van der Waals surface area contributed by atoms with Gasteiger partial charge in [-0.05, 0) is 49.9 Å². The molecule has 1 unspecified atom stereocenters. The summed E-state index contributed by atoms with van der Waals surface area (Å²) in [5.74, 6) is 1.14. The van der Waals surface area contributed by atoms with Gasteiger partial charge in [-0.15, -0.1) is 0 Å². The van der Waals surface area contributed by atoms with Gasteiger partial charge in [0.25, 0.3) is 0 Å². The Balaban J connectivity index is 2.66. The molecule has 1 rings (SSSR count). The largest absolute Gasteiger partial charge is 0.330 e. The minimum atomic E-state index is -0.0248. The zero-order valence-electron chi connectivity index (χ0n) is 11.8. The van der Waals surface area contributed by atoms with E-state index in [4.69, 9.17) is 5.73 Å². The van der Waals surface area contributed by atoms with Crippen LogP contribution < -0.4 is 11.1 Å². The van der Waals surface area contributed by atoms with Crippen molar-refractivity contribution in [3.8, 4) is 0 Å². The normalized spacial score (nSPS) is 13.9. The van der Waals surface area contributed by atoms with Crippen molar-refractivity contribution in [2.75, 3.05) is 13.1 Å². The Kier molecular flexibility index (Phi) is 5.83. The SMILES string of the molecule is CC(C)C(CN)CNC(C)(C)c1ccc(Br)cc1. The second-order valence-corrected chi connectivity index (χ2v) is 6.67. The molecule has 0 aliphatic carbocycles. The average Bonchev–Trinajstić information content (AvgIpc) is 2.29. The molecule has 0 saturated carbocycles. The topological polar surface area (TPSA) is 38.0 Å². The van der Waals surface area contributed by atoms with E-state index in [1.165, 1.54) is 5.56 Å². The molecule has 0 amide bonds. The molecule has 0 fully saturated rings. The minimum absolute atomic E-state index is 0.0248. The van der Waals surface area contributed by atoms with Gasteiger partial charge in [-0.1, -0.05) is 41.9 Å². The Bertz CT molecular complexity index is 357. The van der Waals surface area contributed by atoms with Gasteiger partial charge in [-0.25, -0.2) is 0 Å². The van der Waals surface area contributed by atoms with E-state index in [0.717, 1.165) is 17.6 Å². The first-order valence-corrected chi connectivity index (χ1v) is 7.37. The van der Waals surface area contributed by atoms with Gasteiger partial charge >= 0.3 is 0 Å². The smallest absolute Gasteiger partial charge is 0.0377 e. The highest BCUT2D eigenvalue weighted by atomic mass is 79.9. The number of nitrogens with one attached hydrogen (secondary N) is 1. The molecule has 18 heavy (non-hydrogen) atoms. The van der Waals surface area contributed by atoms with E-state index in [9.17, 15) is 0 Å². The summed E-state index contributed by atoms with van der Waals surface area (Å²) in [6, 6.07) is 8.48. The molecular formula is C15H25BrN2. The molecule has 0 aromatic heterocycles. The number of halogens is 1. The molecule has 0 saturated heterocycles. The third-order valence-corrected chi connectivity index (χ3v) is 4.15. The van der Waals surface area contributed by atoms with E-state index >= 15 is 0 Å². The summed E-state index contributed by atoms with van der Waals surface area (Å²) < 4.78 is 1.11. The summed E-state index contributed by atoms with van der Waals surface area (Å²) in [4.78, 5) is 0. The lowest BCUT2D eigenvalue weighted by molar-refractivity contribution is 0.309. The van der Waals surface area contributed by atoms with Crippen molar-refractivity contribution >= 4 is 15.9 Å². The molecular weight excluding hydrogens is 288 g/mol. The molecule has 102 valence electrons. The van der Waals surface area contributed by atoms with Gasteiger partial charge in [0.05, 0.1) is 0 Å². The molecule has 0 aliphatic heterocycles. The van der Waals surface area contributed by atoms with E-state index in [1.807, 2.05) is 0 Å². The van der Waals surface area contributed by atoms with Gasteiger partial charge < -0.3 is 11.1 Å². The first-order chi connectivity index (χ1) is 8.36. The molecule has 1 atom stereocenters. The molecule has 0 bridgehead atoms. The molecule has 1 aromatic rings. The Morgan fingerprint density at radius 3 is 2.22 bits per heavy atom. The fourth-order valence-corrected chi connectivity index (χ4v) is 2.21. The van der Waals surface area contributed by atoms with Crippen LogP contribution in [-0.2, 0) is 5.54 Å². The number of rotatable bonds is 6. The van der Waals surface area contributed by atoms with Crippen LogP contribution in [0.4, 0.5) is 0 Å². The van der Waals surface area contributed by atoms with Gasteiger partial charge in [0, 0.05) is 16.6 Å². The Labute approximate surface area is 119 Å². The van der Waals surface area contributed by atoms with E-state index in [0.29, 0.717) is 11.8 Å². The van der Waals surface area contributed by atoms with Gasteiger partial charge in [-0.2, -0.15) is 0 Å². The maximum absolute atomic E-state index is 5.82. The molecule has 0 heterocycles. The predicted molar refractivity (Wildman–Crippen MR) is 82.6 cm³/mol. The van der Waals surface area contributed by atoms with Crippen LogP contribution in [0.1, 0.15) is 33.3 Å². The summed E-state index contributed by atoms with van der Waals surface area (Å²) >= 11 is 3.47. The van der Waals surface area contributed by atoms with Gasteiger partial charge in [0.15, 0.2) is 0 Å². The van der Waals surface area contributed by atoms with Crippen LogP contribution in [0.2, 0.25) is 0 Å². The summed E-state index contributed by atoms with van der Waals surface area (Å²) in [6.07, 6.45) is 0. The zero-order valence-corrected chi connectivity index (χ0v) is 13.4. The average molecular weight is 313 g/mol. The van der Waals surface area contributed by atoms with Crippen LogP contribution in [0, 0.1) is 11.8 Å². The van der Waals surface area contributed by atoms with Crippen molar-refractivity contribution in [1.29, 1.82) is 0 Å². The van der Waals surface area contributed by atoms with Crippen LogP contribution >= 0.6 is 15.9 Å². The van der Waals surface area contributed by atoms with Crippen molar-refractivity contribution in [3.05, 3.63) is 34.3 Å². The monoisotopic (exact) mass is 312 g/mol. The van der Waals surface area contributed by atoms with Gasteiger partial charge in [0.2, 0.25) is 0 Å². The maximum atomic E-state index is 5.82. The Hall–Kier alpha value is -0.380. The Morgan fingerprint density at radius 2 is 1.78 bits per heavy atom. The van der Waals surface area contributed by atoms with Crippen LogP contribution in [0.15, 0.2) is 28.7 Å². The van der Waals surface area contributed by atoms with Gasteiger partial charge in [0.1, 0.15) is 0 Å². The molecule has 3 heteroatoms. The second-order valence-electron chi connectivity index (χ2n) is 5.75. The number of hydrogen-bond acceptors (Lipinski definition) is 2. The summed E-state index contributed by atoms with van der Waals surface area (Å²) in [7, 11) is 0. The van der Waals surface area contributed by atoms with Crippen LogP contribution in [0.5, 0.6) is 0 Å². The lowest BCUT2D eigenvalue weighted by Crippen LogP contribution is -2.42. The highest BCUT2D eigenvalue weighted by Gasteiger charge is 2.22. The van der Waals surface area contributed by atoms with Crippen molar-refractivity contribution < 1.29 is 0 Å². The first-order valence-electron chi connectivity index (χ1n) is 6.58. The minimum Gasteiger partial charge on any atom is -0.330 e. The van der Waals surface area contributed by atoms with Crippen LogP contribution in [0.25, 0.3) is 0 Å². The van der Waals surface area contributed by atoms with Crippen molar-refractivity contribution in [2.24, 2.45) is 17.6 Å². The lowest BCUT2D eigenvalue weighted by Gasteiger charge is -2.30. The van der Waals surface area contributed by atoms with Gasteiger partial charge in [-0.3, -0.25) is 0 Å². The predicted octanol–water partition coefficient (Wildman–Crippen LogP) is 3.50. The number of hydrogen-bond donors (Lipinski definition) is 2. The third-order valence-electron chi connectivity index (χ3n) is 3.62. The first kappa shape index (κ1) is 15.7. The summed E-state index contributed by atoms with van der Waals surface area (Å²) in [5.41, 5.74) is 7.09. The zero-order chi connectivity index (χ0) is 13.8. The van der Waals surface area contributed by atoms with Crippen molar-refractivity contribution in [3.63, 3.8) is 0 Å². The van der Waals surface area contributed by atoms with Crippen LogP contribution in [-0.4, -0.2) is 13.1 Å². The van der Waals surface area contributed by atoms with E-state index in [2.05, 4.69) is 73.2 Å². The van der Waals surface area contributed by atoms with Crippen LogP contribution in [0.3, 0.4) is 0 Å². The summed E-state index contributed by atoms with van der Waals surface area (Å²) in [6.45, 7) is 10.6. The Morgan fingerprint density at radius 1 is 1.22 bits per heavy atom. The number of nitrogens with two attached hydrogens (primary N) is 1. The van der Waals surface area contributed by atoms with E-state index < -0.39 is 0 Å². The fourth-order valence-electron chi connectivity index (χ4n) is 1.95. The molecule has 3 N–H and O–H groups in total. The van der Waals surface area contributed by atoms with E-state index in [1.54, 1.807) is 0 Å². The highest BCUT2D eigenvalue weighted by Crippen LogP contribution is 2.22. The molecule has 0 spiro atoms.